The van der Waals surface area contributed by atoms with E-state index in [1.807, 2.05) is 30.3 Å². The lowest BCUT2D eigenvalue weighted by Crippen LogP contribution is -2.39. The smallest absolute Gasteiger partial charge is 0.305 e. The van der Waals surface area contributed by atoms with Crippen molar-refractivity contribution < 1.29 is 19.4 Å². The van der Waals surface area contributed by atoms with E-state index in [4.69, 9.17) is 9.84 Å². The molecule has 6 nitrogen and oxygen atoms in total. The summed E-state index contributed by atoms with van der Waals surface area (Å²) in [6.07, 6.45) is 3.34. The average Bonchev–Trinajstić information content (AvgIpc) is 3.10. The van der Waals surface area contributed by atoms with Gasteiger partial charge in [-0.15, -0.1) is 0 Å². The van der Waals surface area contributed by atoms with Crippen LogP contribution < -0.4 is 0 Å². The number of carbonyl (C=O) groups is 2. The molecule has 0 saturated carbocycles. The van der Waals surface area contributed by atoms with Crippen molar-refractivity contribution >= 4 is 22.6 Å². The highest BCUT2D eigenvalue weighted by atomic mass is 16.5. The van der Waals surface area contributed by atoms with Crippen LogP contribution in [0.3, 0.4) is 0 Å². The minimum atomic E-state index is -0.925. The first-order chi connectivity index (χ1) is 11.6. The van der Waals surface area contributed by atoms with Crippen molar-refractivity contribution in [3.63, 3.8) is 0 Å². The van der Waals surface area contributed by atoms with Crippen LogP contribution in [0.4, 0.5) is 0 Å². The zero-order valence-corrected chi connectivity index (χ0v) is 13.4. The van der Waals surface area contributed by atoms with Crippen LogP contribution in [0, 0.1) is 0 Å². The normalized spacial score (nSPS) is 17.1. The first-order valence-electron chi connectivity index (χ1n) is 8.11. The zero-order chi connectivity index (χ0) is 16.9. The van der Waals surface area contributed by atoms with Crippen molar-refractivity contribution in [2.45, 2.75) is 25.4 Å². The van der Waals surface area contributed by atoms with E-state index in [-0.39, 0.29) is 25.0 Å². The van der Waals surface area contributed by atoms with Crippen LogP contribution in [-0.2, 0) is 9.53 Å². The van der Waals surface area contributed by atoms with Gasteiger partial charge in [-0.05, 0) is 24.3 Å². The number of ether oxygens (including phenoxy) is 1. The number of fused-ring (bicyclic) bond motifs is 1. The van der Waals surface area contributed by atoms with Crippen molar-refractivity contribution in [1.82, 2.24) is 9.88 Å². The standard InChI is InChI=1S/C18H20N2O4/c21-16(22)8-10-20(12-14-5-3-11-24-14)18(23)17-15-6-2-1-4-13(15)7-9-19-17/h1-2,4,6-7,9,14H,3,5,8,10-12H2,(H,21,22). The third-order valence-electron chi connectivity index (χ3n) is 4.21. The molecule has 1 aliphatic heterocycles. The summed E-state index contributed by atoms with van der Waals surface area (Å²) >= 11 is 0. The second kappa shape index (κ2) is 7.40. The highest BCUT2D eigenvalue weighted by molar-refractivity contribution is 6.05. The molecule has 0 radical (unpaired) electrons. The zero-order valence-electron chi connectivity index (χ0n) is 13.4. The van der Waals surface area contributed by atoms with E-state index in [0.717, 1.165) is 23.6 Å². The summed E-state index contributed by atoms with van der Waals surface area (Å²) in [6, 6.07) is 9.41. The molecule has 0 spiro atoms. The minimum absolute atomic E-state index is 0.0299. The summed E-state index contributed by atoms with van der Waals surface area (Å²) in [4.78, 5) is 29.7. The number of rotatable bonds is 6. The van der Waals surface area contributed by atoms with Gasteiger partial charge in [-0.3, -0.25) is 14.6 Å². The Hall–Kier alpha value is -2.47. The first kappa shape index (κ1) is 16.4. The van der Waals surface area contributed by atoms with Crippen LogP contribution in [-0.4, -0.2) is 52.7 Å². The Kier molecular flexibility index (Phi) is 5.05. The molecule has 1 aromatic heterocycles. The highest BCUT2D eigenvalue weighted by Gasteiger charge is 2.25. The number of benzene rings is 1. The maximum Gasteiger partial charge on any atom is 0.305 e. The van der Waals surface area contributed by atoms with E-state index >= 15 is 0 Å². The fourth-order valence-corrected chi connectivity index (χ4v) is 2.98. The van der Waals surface area contributed by atoms with Gasteiger partial charge in [0.05, 0.1) is 12.5 Å². The summed E-state index contributed by atoms with van der Waals surface area (Å²) in [6.45, 7) is 1.24. The number of carboxylic acid groups (broad SMARTS) is 1. The molecule has 1 aliphatic rings. The molecule has 1 unspecified atom stereocenters. The van der Waals surface area contributed by atoms with Crippen LogP contribution in [0.1, 0.15) is 29.8 Å². The molecular formula is C18H20N2O4. The molecule has 1 saturated heterocycles. The predicted molar refractivity (Wildman–Crippen MR) is 88.9 cm³/mol. The highest BCUT2D eigenvalue weighted by Crippen LogP contribution is 2.20. The van der Waals surface area contributed by atoms with Crippen LogP contribution in [0.5, 0.6) is 0 Å². The van der Waals surface area contributed by atoms with Gasteiger partial charge in [0.15, 0.2) is 0 Å². The molecule has 1 fully saturated rings. The Bertz CT molecular complexity index is 735. The van der Waals surface area contributed by atoms with Crippen LogP contribution in [0.25, 0.3) is 10.8 Å². The number of carboxylic acids is 1. The van der Waals surface area contributed by atoms with E-state index in [1.165, 1.54) is 0 Å². The van der Waals surface area contributed by atoms with E-state index in [9.17, 15) is 9.59 Å². The second-order valence-corrected chi connectivity index (χ2v) is 5.91. The third kappa shape index (κ3) is 3.71. The molecular weight excluding hydrogens is 308 g/mol. The maximum atomic E-state index is 13.0. The molecule has 2 aromatic rings. The molecule has 1 N–H and O–H groups in total. The average molecular weight is 328 g/mol. The van der Waals surface area contributed by atoms with Crippen LogP contribution >= 0.6 is 0 Å². The van der Waals surface area contributed by atoms with Gasteiger partial charge in [-0.25, -0.2) is 0 Å². The summed E-state index contributed by atoms with van der Waals surface area (Å²) < 4.78 is 5.60. The van der Waals surface area contributed by atoms with Crippen molar-refractivity contribution in [3.8, 4) is 0 Å². The van der Waals surface area contributed by atoms with Gasteiger partial charge < -0.3 is 14.7 Å². The Morgan fingerprint density at radius 1 is 1.29 bits per heavy atom. The van der Waals surface area contributed by atoms with Gasteiger partial charge in [0.25, 0.3) is 5.91 Å². The van der Waals surface area contributed by atoms with Gasteiger partial charge in [0.1, 0.15) is 5.69 Å². The number of hydrogen-bond acceptors (Lipinski definition) is 4. The molecule has 126 valence electrons. The Morgan fingerprint density at radius 2 is 2.12 bits per heavy atom. The Balaban J connectivity index is 1.86. The number of carbonyl (C=O) groups excluding carboxylic acids is 1. The third-order valence-corrected chi connectivity index (χ3v) is 4.21. The van der Waals surface area contributed by atoms with Crippen LogP contribution in [0.15, 0.2) is 36.5 Å². The number of hydrogen-bond donors (Lipinski definition) is 1. The van der Waals surface area contributed by atoms with Gasteiger partial charge >= 0.3 is 5.97 Å². The lowest BCUT2D eigenvalue weighted by atomic mass is 10.1. The molecule has 1 aromatic carbocycles. The maximum absolute atomic E-state index is 13.0. The molecule has 2 heterocycles. The molecule has 1 atom stereocenters. The van der Waals surface area contributed by atoms with E-state index in [1.54, 1.807) is 11.1 Å². The Labute approximate surface area is 140 Å². The summed E-state index contributed by atoms with van der Waals surface area (Å²) in [7, 11) is 0. The summed E-state index contributed by atoms with van der Waals surface area (Å²) in [5.41, 5.74) is 0.358. The van der Waals surface area contributed by atoms with Gasteiger partial charge in [0, 0.05) is 31.3 Å². The summed E-state index contributed by atoms with van der Waals surface area (Å²) in [5.74, 6) is -1.17. The minimum Gasteiger partial charge on any atom is -0.481 e. The number of pyridine rings is 1. The van der Waals surface area contributed by atoms with Gasteiger partial charge in [-0.2, -0.15) is 0 Å². The second-order valence-electron chi connectivity index (χ2n) is 5.91. The quantitative estimate of drug-likeness (QED) is 0.880. The number of nitrogens with zero attached hydrogens (tertiary/aromatic N) is 2. The van der Waals surface area contributed by atoms with Crippen molar-refractivity contribution in [3.05, 3.63) is 42.2 Å². The Morgan fingerprint density at radius 3 is 2.88 bits per heavy atom. The van der Waals surface area contributed by atoms with Crippen LogP contribution in [0.2, 0.25) is 0 Å². The molecule has 6 heteroatoms. The molecule has 0 bridgehead atoms. The number of aliphatic carboxylic acids is 1. The van der Waals surface area contributed by atoms with E-state index in [0.29, 0.717) is 18.8 Å². The topological polar surface area (TPSA) is 79.7 Å². The number of aromatic nitrogens is 1. The lowest BCUT2D eigenvalue weighted by Gasteiger charge is -2.25. The molecule has 0 aliphatic carbocycles. The predicted octanol–water partition coefficient (Wildman–Crippen LogP) is 2.33. The summed E-state index contributed by atoms with van der Waals surface area (Å²) in [5, 5.41) is 10.7. The van der Waals surface area contributed by atoms with E-state index in [2.05, 4.69) is 4.98 Å². The number of amides is 1. The van der Waals surface area contributed by atoms with Gasteiger partial charge in [0.2, 0.25) is 0 Å². The molecule has 1 amide bonds. The fraction of sp³-hybridized carbons (Fsp3) is 0.389. The SMILES string of the molecule is O=C(O)CCN(CC1CCCO1)C(=O)c1nccc2ccccc12. The fourth-order valence-electron chi connectivity index (χ4n) is 2.98. The van der Waals surface area contributed by atoms with E-state index < -0.39 is 5.97 Å². The van der Waals surface area contributed by atoms with Crippen molar-refractivity contribution in [2.75, 3.05) is 19.7 Å². The first-order valence-corrected chi connectivity index (χ1v) is 8.11. The molecule has 3 rings (SSSR count). The largest absolute Gasteiger partial charge is 0.481 e. The van der Waals surface area contributed by atoms with Crippen molar-refractivity contribution in [2.24, 2.45) is 0 Å². The molecule has 24 heavy (non-hydrogen) atoms. The van der Waals surface area contributed by atoms with Crippen molar-refractivity contribution in [1.29, 1.82) is 0 Å². The van der Waals surface area contributed by atoms with Gasteiger partial charge in [-0.1, -0.05) is 24.3 Å². The lowest BCUT2D eigenvalue weighted by molar-refractivity contribution is -0.137. The monoisotopic (exact) mass is 328 g/mol.